The number of aromatic nitrogens is 1. The summed E-state index contributed by atoms with van der Waals surface area (Å²) in [7, 11) is 1.64. The molecule has 2 rings (SSSR count). The molecule has 1 fully saturated rings. The SMILES string of the molecule is COCC[C@]1(O)CCN(C(=O)CCc2ccccn2)C[C@H]1C. The highest BCUT2D eigenvalue weighted by Crippen LogP contribution is 2.31. The average molecular weight is 306 g/mol. The van der Waals surface area contributed by atoms with Crippen LogP contribution in [0.5, 0.6) is 0 Å². The number of methoxy groups -OCH3 is 1. The van der Waals surface area contributed by atoms with Crippen molar-refractivity contribution < 1.29 is 14.6 Å². The molecular formula is C17H26N2O3. The molecule has 2 atom stereocenters. The number of carbonyl (C=O) groups excluding carboxylic acids is 1. The summed E-state index contributed by atoms with van der Waals surface area (Å²) in [6.45, 7) is 3.79. The van der Waals surface area contributed by atoms with Crippen LogP contribution >= 0.6 is 0 Å². The highest BCUT2D eigenvalue weighted by atomic mass is 16.5. The first kappa shape index (κ1) is 16.9. The molecule has 2 heterocycles. The van der Waals surface area contributed by atoms with Crippen molar-refractivity contribution in [1.82, 2.24) is 9.88 Å². The second kappa shape index (κ2) is 7.70. The molecule has 22 heavy (non-hydrogen) atoms. The molecule has 122 valence electrons. The van der Waals surface area contributed by atoms with Crippen LogP contribution in [0.25, 0.3) is 0 Å². The molecule has 0 spiro atoms. The summed E-state index contributed by atoms with van der Waals surface area (Å²) >= 11 is 0. The second-order valence-corrected chi connectivity index (χ2v) is 6.16. The van der Waals surface area contributed by atoms with Crippen LogP contribution in [0.15, 0.2) is 24.4 Å². The predicted octanol–water partition coefficient (Wildman–Crippen LogP) is 1.65. The van der Waals surface area contributed by atoms with Crippen LogP contribution in [0.2, 0.25) is 0 Å². The average Bonchev–Trinajstić information content (AvgIpc) is 2.54. The topological polar surface area (TPSA) is 62.7 Å². The van der Waals surface area contributed by atoms with E-state index < -0.39 is 5.60 Å². The summed E-state index contributed by atoms with van der Waals surface area (Å²) in [5.41, 5.74) is 0.228. The van der Waals surface area contributed by atoms with Gasteiger partial charge in [-0.1, -0.05) is 13.0 Å². The molecule has 1 aliphatic rings. The maximum atomic E-state index is 12.3. The summed E-state index contributed by atoms with van der Waals surface area (Å²) in [5.74, 6) is 0.210. The van der Waals surface area contributed by atoms with Gasteiger partial charge in [0.2, 0.25) is 5.91 Å². The number of likely N-dealkylation sites (tertiary alicyclic amines) is 1. The molecule has 1 saturated heterocycles. The molecule has 5 nitrogen and oxygen atoms in total. The summed E-state index contributed by atoms with van der Waals surface area (Å²) in [5, 5.41) is 10.7. The van der Waals surface area contributed by atoms with E-state index in [2.05, 4.69) is 4.98 Å². The lowest BCUT2D eigenvalue weighted by atomic mass is 9.80. The fraction of sp³-hybridized carbons (Fsp3) is 0.647. The van der Waals surface area contributed by atoms with Gasteiger partial charge in [-0.3, -0.25) is 9.78 Å². The minimum absolute atomic E-state index is 0.0650. The number of piperidine rings is 1. The maximum Gasteiger partial charge on any atom is 0.222 e. The standard InChI is InChI=1S/C17H26N2O3/c1-14-13-19(11-8-17(14,21)9-12-22-2)16(20)7-6-15-5-3-4-10-18-15/h3-5,10,14,21H,6-9,11-13H2,1-2H3/t14-,17-/m1/s1. The molecule has 1 aromatic rings. The largest absolute Gasteiger partial charge is 0.389 e. The van der Waals surface area contributed by atoms with Crippen LogP contribution in [-0.4, -0.2) is 53.3 Å². The smallest absolute Gasteiger partial charge is 0.222 e. The Labute approximate surface area is 132 Å². The van der Waals surface area contributed by atoms with Crippen molar-refractivity contribution in [3.05, 3.63) is 30.1 Å². The van der Waals surface area contributed by atoms with Gasteiger partial charge in [0.25, 0.3) is 0 Å². The Morgan fingerprint density at radius 2 is 2.36 bits per heavy atom. The van der Waals surface area contributed by atoms with Crippen LogP contribution in [0, 0.1) is 5.92 Å². The number of hydrogen-bond acceptors (Lipinski definition) is 4. The second-order valence-electron chi connectivity index (χ2n) is 6.16. The fourth-order valence-corrected chi connectivity index (χ4v) is 2.98. The number of rotatable bonds is 6. The molecule has 0 unspecified atom stereocenters. The molecule has 0 aromatic carbocycles. The number of nitrogens with zero attached hydrogens (tertiary/aromatic N) is 2. The zero-order chi connectivity index (χ0) is 16.0. The quantitative estimate of drug-likeness (QED) is 0.868. The molecule has 1 amide bonds. The first-order valence-electron chi connectivity index (χ1n) is 7.94. The maximum absolute atomic E-state index is 12.3. The van der Waals surface area contributed by atoms with Gasteiger partial charge in [-0.2, -0.15) is 0 Å². The number of aliphatic hydroxyl groups is 1. The third kappa shape index (κ3) is 4.27. The van der Waals surface area contributed by atoms with Gasteiger partial charge >= 0.3 is 0 Å². The van der Waals surface area contributed by atoms with Gasteiger partial charge in [-0.15, -0.1) is 0 Å². The monoisotopic (exact) mass is 306 g/mol. The Kier molecular flexibility index (Phi) is 5.91. The Morgan fingerprint density at radius 3 is 3.00 bits per heavy atom. The summed E-state index contributed by atoms with van der Waals surface area (Å²) in [4.78, 5) is 18.4. The lowest BCUT2D eigenvalue weighted by molar-refractivity contribution is -0.140. The summed E-state index contributed by atoms with van der Waals surface area (Å²) < 4.78 is 5.07. The van der Waals surface area contributed by atoms with E-state index in [4.69, 9.17) is 4.74 Å². The molecule has 0 radical (unpaired) electrons. The fourth-order valence-electron chi connectivity index (χ4n) is 2.98. The highest BCUT2D eigenvalue weighted by Gasteiger charge is 2.39. The number of carbonyl (C=O) groups is 1. The van der Waals surface area contributed by atoms with E-state index in [0.717, 1.165) is 5.69 Å². The van der Waals surface area contributed by atoms with Crippen molar-refractivity contribution in [3.8, 4) is 0 Å². The van der Waals surface area contributed by atoms with Crippen molar-refractivity contribution in [2.24, 2.45) is 5.92 Å². The third-order valence-electron chi connectivity index (χ3n) is 4.64. The highest BCUT2D eigenvalue weighted by molar-refractivity contribution is 5.76. The van der Waals surface area contributed by atoms with Crippen LogP contribution in [-0.2, 0) is 16.0 Å². The lowest BCUT2D eigenvalue weighted by Gasteiger charge is -2.43. The van der Waals surface area contributed by atoms with Gasteiger partial charge in [0.15, 0.2) is 0 Å². The predicted molar refractivity (Wildman–Crippen MR) is 84.4 cm³/mol. The number of pyridine rings is 1. The van der Waals surface area contributed by atoms with E-state index in [1.165, 1.54) is 0 Å². The summed E-state index contributed by atoms with van der Waals surface area (Å²) in [6, 6.07) is 5.75. The van der Waals surface area contributed by atoms with E-state index in [9.17, 15) is 9.90 Å². The van der Waals surface area contributed by atoms with Gasteiger partial charge in [-0.25, -0.2) is 0 Å². The van der Waals surface area contributed by atoms with E-state index in [0.29, 0.717) is 45.4 Å². The Bertz CT molecular complexity index is 480. The van der Waals surface area contributed by atoms with Crippen molar-refractivity contribution in [2.45, 2.75) is 38.2 Å². The lowest BCUT2D eigenvalue weighted by Crippen LogP contribution is -2.52. The Morgan fingerprint density at radius 1 is 1.55 bits per heavy atom. The van der Waals surface area contributed by atoms with Crippen molar-refractivity contribution in [1.29, 1.82) is 0 Å². The molecule has 1 aromatic heterocycles. The Balaban J connectivity index is 1.83. The first-order valence-corrected chi connectivity index (χ1v) is 7.94. The number of aryl methyl sites for hydroxylation is 1. The molecule has 1 N–H and O–H groups in total. The molecule has 0 bridgehead atoms. The van der Waals surface area contributed by atoms with Gasteiger partial charge in [-0.05, 0) is 31.4 Å². The van der Waals surface area contributed by atoms with E-state index in [-0.39, 0.29) is 11.8 Å². The molecule has 1 aliphatic heterocycles. The van der Waals surface area contributed by atoms with Crippen molar-refractivity contribution in [2.75, 3.05) is 26.8 Å². The van der Waals surface area contributed by atoms with Crippen molar-refractivity contribution in [3.63, 3.8) is 0 Å². The van der Waals surface area contributed by atoms with Crippen LogP contribution < -0.4 is 0 Å². The number of amides is 1. The van der Waals surface area contributed by atoms with Gasteiger partial charge in [0, 0.05) is 51.0 Å². The molecule has 5 heteroatoms. The molecule has 0 saturated carbocycles. The van der Waals surface area contributed by atoms with Crippen molar-refractivity contribution >= 4 is 5.91 Å². The van der Waals surface area contributed by atoms with Gasteiger partial charge < -0.3 is 14.7 Å². The van der Waals surface area contributed by atoms with Crippen LogP contribution in [0.4, 0.5) is 0 Å². The van der Waals surface area contributed by atoms with E-state index >= 15 is 0 Å². The normalized spacial score (nSPS) is 25.2. The minimum Gasteiger partial charge on any atom is -0.389 e. The van der Waals surface area contributed by atoms with E-state index in [1.54, 1.807) is 13.3 Å². The minimum atomic E-state index is -0.715. The zero-order valence-electron chi connectivity index (χ0n) is 13.5. The Hall–Kier alpha value is -1.46. The van der Waals surface area contributed by atoms with Crippen LogP contribution in [0.3, 0.4) is 0 Å². The van der Waals surface area contributed by atoms with Crippen LogP contribution in [0.1, 0.15) is 31.9 Å². The number of hydrogen-bond donors (Lipinski definition) is 1. The molecular weight excluding hydrogens is 280 g/mol. The zero-order valence-corrected chi connectivity index (χ0v) is 13.5. The number of ether oxygens (including phenoxy) is 1. The van der Waals surface area contributed by atoms with Gasteiger partial charge in [0.05, 0.1) is 5.60 Å². The van der Waals surface area contributed by atoms with E-state index in [1.807, 2.05) is 30.0 Å². The van der Waals surface area contributed by atoms with Gasteiger partial charge in [0.1, 0.15) is 0 Å². The third-order valence-corrected chi connectivity index (χ3v) is 4.64. The molecule has 0 aliphatic carbocycles. The summed E-state index contributed by atoms with van der Waals surface area (Å²) in [6.07, 6.45) is 4.13. The first-order chi connectivity index (χ1) is 10.5.